The van der Waals surface area contributed by atoms with E-state index in [4.69, 9.17) is 0 Å². The summed E-state index contributed by atoms with van der Waals surface area (Å²) in [5, 5.41) is 3.68. The zero-order valence-electron chi connectivity index (χ0n) is 10.2. The van der Waals surface area contributed by atoms with E-state index in [0.29, 0.717) is 0 Å². The first-order chi connectivity index (χ1) is 7.36. The lowest BCUT2D eigenvalue weighted by Gasteiger charge is -2.32. The maximum Gasteiger partial charge on any atom is 0.00670 e. The van der Waals surface area contributed by atoms with Crippen molar-refractivity contribution in [2.75, 3.05) is 26.2 Å². The van der Waals surface area contributed by atoms with Gasteiger partial charge in [0.05, 0.1) is 0 Å². The number of hydrogen-bond donors (Lipinski definition) is 1. The quantitative estimate of drug-likeness (QED) is 0.676. The van der Waals surface area contributed by atoms with E-state index in [2.05, 4.69) is 17.1 Å². The van der Waals surface area contributed by atoms with Crippen molar-refractivity contribution in [1.29, 1.82) is 0 Å². The Labute approximate surface area is 94.4 Å². The molecule has 0 spiro atoms. The second-order valence-electron chi connectivity index (χ2n) is 5.34. The molecule has 88 valence electrons. The molecule has 0 aromatic carbocycles. The van der Waals surface area contributed by atoms with Gasteiger partial charge < -0.3 is 10.2 Å². The summed E-state index contributed by atoms with van der Waals surface area (Å²) in [6.45, 7) is 7.58. The molecule has 1 aliphatic carbocycles. The molecule has 1 aliphatic heterocycles. The topological polar surface area (TPSA) is 15.3 Å². The predicted molar refractivity (Wildman–Crippen MR) is 65.1 cm³/mol. The average molecular weight is 210 g/mol. The van der Waals surface area contributed by atoms with Crippen LogP contribution in [0.25, 0.3) is 0 Å². The lowest BCUT2D eigenvalue weighted by Crippen LogP contribution is -2.38. The van der Waals surface area contributed by atoms with Gasteiger partial charge in [0.15, 0.2) is 0 Å². The summed E-state index contributed by atoms with van der Waals surface area (Å²) >= 11 is 0. The van der Waals surface area contributed by atoms with Crippen molar-refractivity contribution in [3.8, 4) is 0 Å². The van der Waals surface area contributed by atoms with Gasteiger partial charge >= 0.3 is 0 Å². The van der Waals surface area contributed by atoms with Gasteiger partial charge in [-0.2, -0.15) is 0 Å². The highest BCUT2D eigenvalue weighted by molar-refractivity contribution is 4.79. The molecule has 2 fully saturated rings. The molecule has 2 nitrogen and oxygen atoms in total. The number of nitrogens with one attached hydrogen (secondary N) is 1. The van der Waals surface area contributed by atoms with Crippen LogP contribution in [0, 0.1) is 5.92 Å². The van der Waals surface area contributed by atoms with Crippen LogP contribution >= 0.6 is 0 Å². The summed E-state index contributed by atoms with van der Waals surface area (Å²) in [6.07, 6.45) is 8.56. The molecule has 1 saturated carbocycles. The Morgan fingerprint density at radius 3 is 2.53 bits per heavy atom. The molecule has 15 heavy (non-hydrogen) atoms. The first-order valence-electron chi connectivity index (χ1n) is 6.82. The highest BCUT2D eigenvalue weighted by Crippen LogP contribution is 2.29. The molecule has 1 saturated heterocycles. The first-order valence-corrected chi connectivity index (χ1v) is 6.82. The standard InChI is InChI=1S/C13H26N2/c1-12(13-6-4-7-13)14-8-5-11-15-9-2-3-10-15/h12-14H,2-11H2,1H3. The minimum absolute atomic E-state index is 0.761. The van der Waals surface area contributed by atoms with E-state index in [-0.39, 0.29) is 0 Å². The van der Waals surface area contributed by atoms with Gasteiger partial charge in [0, 0.05) is 6.04 Å². The highest BCUT2D eigenvalue weighted by Gasteiger charge is 2.23. The summed E-state index contributed by atoms with van der Waals surface area (Å²) in [5.41, 5.74) is 0. The van der Waals surface area contributed by atoms with Crippen LogP contribution in [0.3, 0.4) is 0 Å². The molecular formula is C13H26N2. The van der Waals surface area contributed by atoms with Crippen molar-refractivity contribution in [1.82, 2.24) is 10.2 Å². The smallest absolute Gasteiger partial charge is 0.00670 e. The number of rotatable bonds is 6. The number of likely N-dealkylation sites (tertiary alicyclic amines) is 1. The zero-order chi connectivity index (χ0) is 10.5. The van der Waals surface area contributed by atoms with Crippen LogP contribution in [0.5, 0.6) is 0 Å². The zero-order valence-corrected chi connectivity index (χ0v) is 10.2. The van der Waals surface area contributed by atoms with Crippen molar-refractivity contribution in [2.24, 2.45) is 5.92 Å². The van der Waals surface area contributed by atoms with Crippen LogP contribution in [0.4, 0.5) is 0 Å². The molecule has 2 heteroatoms. The Morgan fingerprint density at radius 2 is 1.93 bits per heavy atom. The van der Waals surface area contributed by atoms with Gasteiger partial charge in [0.2, 0.25) is 0 Å². The van der Waals surface area contributed by atoms with Crippen molar-refractivity contribution >= 4 is 0 Å². The fourth-order valence-electron chi connectivity index (χ4n) is 2.75. The summed E-state index contributed by atoms with van der Waals surface area (Å²) in [6, 6.07) is 0.761. The van der Waals surface area contributed by atoms with Gasteiger partial charge in [0.1, 0.15) is 0 Å². The van der Waals surface area contributed by atoms with E-state index < -0.39 is 0 Å². The van der Waals surface area contributed by atoms with Crippen LogP contribution in [-0.2, 0) is 0 Å². The second kappa shape index (κ2) is 5.86. The van der Waals surface area contributed by atoms with E-state index in [1.807, 2.05) is 0 Å². The maximum absolute atomic E-state index is 3.68. The average Bonchev–Trinajstić information content (AvgIpc) is 2.62. The molecule has 2 rings (SSSR count). The first kappa shape index (κ1) is 11.4. The molecule has 1 unspecified atom stereocenters. The number of hydrogen-bond acceptors (Lipinski definition) is 2. The van der Waals surface area contributed by atoms with Gasteiger partial charge in [-0.1, -0.05) is 6.42 Å². The largest absolute Gasteiger partial charge is 0.314 e. The second-order valence-corrected chi connectivity index (χ2v) is 5.34. The van der Waals surface area contributed by atoms with Gasteiger partial charge in [-0.15, -0.1) is 0 Å². The van der Waals surface area contributed by atoms with E-state index in [1.54, 1.807) is 0 Å². The predicted octanol–water partition coefficient (Wildman–Crippen LogP) is 2.25. The van der Waals surface area contributed by atoms with E-state index in [0.717, 1.165) is 12.0 Å². The minimum atomic E-state index is 0.761. The maximum atomic E-state index is 3.68. The van der Waals surface area contributed by atoms with Gasteiger partial charge in [-0.25, -0.2) is 0 Å². The van der Waals surface area contributed by atoms with Crippen LogP contribution in [-0.4, -0.2) is 37.1 Å². The van der Waals surface area contributed by atoms with Crippen LogP contribution < -0.4 is 5.32 Å². The lowest BCUT2D eigenvalue weighted by atomic mass is 9.80. The molecular weight excluding hydrogens is 184 g/mol. The van der Waals surface area contributed by atoms with E-state index >= 15 is 0 Å². The van der Waals surface area contributed by atoms with Gasteiger partial charge in [-0.05, 0) is 71.1 Å². The lowest BCUT2D eigenvalue weighted by molar-refractivity contribution is 0.237. The van der Waals surface area contributed by atoms with Gasteiger partial charge in [-0.3, -0.25) is 0 Å². The summed E-state index contributed by atoms with van der Waals surface area (Å²) < 4.78 is 0. The molecule has 0 amide bonds. The Balaban J connectivity index is 1.47. The van der Waals surface area contributed by atoms with Crippen LogP contribution in [0.2, 0.25) is 0 Å². The number of nitrogens with zero attached hydrogens (tertiary/aromatic N) is 1. The SMILES string of the molecule is CC(NCCCN1CCCC1)C1CCC1. The third-order valence-electron chi connectivity index (χ3n) is 4.17. The monoisotopic (exact) mass is 210 g/mol. The molecule has 1 heterocycles. The molecule has 1 atom stereocenters. The molecule has 0 radical (unpaired) electrons. The fraction of sp³-hybridized carbons (Fsp3) is 1.00. The summed E-state index contributed by atoms with van der Waals surface area (Å²) in [5.74, 6) is 0.983. The Bertz CT molecular complexity index is 171. The summed E-state index contributed by atoms with van der Waals surface area (Å²) in [4.78, 5) is 2.61. The highest BCUT2D eigenvalue weighted by atomic mass is 15.1. The van der Waals surface area contributed by atoms with E-state index in [9.17, 15) is 0 Å². The normalized spacial score (nSPS) is 25.4. The minimum Gasteiger partial charge on any atom is -0.314 e. The molecule has 2 aliphatic rings. The molecule has 0 aromatic heterocycles. The fourth-order valence-corrected chi connectivity index (χ4v) is 2.75. The van der Waals surface area contributed by atoms with Crippen LogP contribution in [0.1, 0.15) is 45.4 Å². The van der Waals surface area contributed by atoms with Crippen molar-refractivity contribution < 1.29 is 0 Å². The molecule has 0 bridgehead atoms. The Morgan fingerprint density at radius 1 is 1.20 bits per heavy atom. The van der Waals surface area contributed by atoms with E-state index in [1.165, 1.54) is 64.7 Å². The van der Waals surface area contributed by atoms with Crippen LogP contribution in [0.15, 0.2) is 0 Å². The Hall–Kier alpha value is -0.0800. The third kappa shape index (κ3) is 3.46. The van der Waals surface area contributed by atoms with Gasteiger partial charge in [0.25, 0.3) is 0 Å². The molecule has 0 aromatic rings. The Kier molecular flexibility index (Phi) is 4.45. The van der Waals surface area contributed by atoms with Crippen molar-refractivity contribution in [3.63, 3.8) is 0 Å². The summed E-state index contributed by atoms with van der Waals surface area (Å²) in [7, 11) is 0. The van der Waals surface area contributed by atoms with Crippen molar-refractivity contribution in [2.45, 2.75) is 51.5 Å². The van der Waals surface area contributed by atoms with Crippen molar-refractivity contribution in [3.05, 3.63) is 0 Å². The third-order valence-corrected chi connectivity index (χ3v) is 4.17. The molecule has 1 N–H and O–H groups in total.